The van der Waals surface area contributed by atoms with Gasteiger partial charge in [-0.05, 0) is 0 Å². The van der Waals surface area contributed by atoms with Crippen LogP contribution in [-0.2, 0) is 0 Å². The van der Waals surface area contributed by atoms with Crippen molar-refractivity contribution in [2.45, 2.75) is 26.7 Å². The Morgan fingerprint density at radius 3 is 1.29 bits per heavy atom. The van der Waals surface area contributed by atoms with Crippen LogP contribution in [0.3, 0.4) is 0 Å². The lowest BCUT2D eigenvalue weighted by Crippen LogP contribution is -2.26. The molecule has 0 bridgehead atoms. The van der Waals surface area contributed by atoms with E-state index in [0.717, 1.165) is 9.52 Å². The Morgan fingerprint density at radius 2 is 1.00 bits per heavy atom. The van der Waals surface area contributed by atoms with Crippen LogP contribution in [-0.4, -0.2) is 9.52 Å². The van der Waals surface area contributed by atoms with Crippen molar-refractivity contribution >= 4 is 19.9 Å². The van der Waals surface area contributed by atoms with Crippen molar-refractivity contribution in [1.29, 1.82) is 0 Å². The normalized spacial score (nSPS) is 9.29. The van der Waals surface area contributed by atoms with Crippen LogP contribution in [0.15, 0.2) is 60.7 Å². The van der Waals surface area contributed by atoms with Crippen molar-refractivity contribution in [3.63, 3.8) is 0 Å². The molecule has 0 aliphatic carbocycles. The number of hydrogen-bond donors (Lipinski definition) is 0. The summed E-state index contributed by atoms with van der Waals surface area (Å²) in [5, 5.41) is 2.79. The first-order valence-electron chi connectivity index (χ1n) is 6.24. The van der Waals surface area contributed by atoms with Crippen LogP contribution in [0.4, 0.5) is 0 Å². The Balaban J connectivity index is 0.000000317. The summed E-state index contributed by atoms with van der Waals surface area (Å²) in [5.74, 6) is 0. The van der Waals surface area contributed by atoms with Gasteiger partial charge in [0.05, 0.1) is 0 Å². The average molecular weight is 240 g/mol. The molecule has 0 nitrogen and oxygen atoms in total. The molecule has 17 heavy (non-hydrogen) atoms. The monoisotopic (exact) mass is 240 g/mol. The molecule has 0 aliphatic heterocycles. The molecular formula is C16H20Si. The number of hydrogen-bond acceptors (Lipinski definition) is 0. The van der Waals surface area contributed by atoms with Crippen LogP contribution < -0.4 is 10.4 Å². The molecule has 2 radical (unpaired) electrons. The van der Waals surface area contributed by atoms with Gasteiger partial charge in [0.1, 0.15) is 9.52 Å². The molecule has 2 aromatic carbocycles. The molecule has 0 N–H and O–H groups in total. The van der Waals surface area contributed by atoms with Crippen LogP contribution in [0, 0.1) is 0 Å². The van der Waals surface area contributed by atoms with E-state index < -0.39 is 0 Å². The molecule has 0 spiro atoms. The molecule has 0 fully saturated rings. The largest absolute Gasteiger partial charge is 0.121 e. The summed E-state index contributed by atoms with van der Waals surface area (Å²) in [7, 11) is 0.777. The van der Waals surface area contributed by atoms with Crippen LogP contribution in [0.5, 0.6) is 0 Å². The summed E-state index contributed by atoms with van der Waals surface area (Å²) < 4.78 is 0. The third-order valence-corrected chi connectivity index (χ3v) is 3.58. The van der Waals surface area contributed by atoms with Crippen molar-refractivity contribution in [3.05, 3.63) is 60.7 Å². The van der Waals surface area contributed by atoms with Gasteiger partial charge >= 0.3 is 0 Å². The van der Waals surface area contributed by atoms with Gasteiger partial charge in [-0.3, -0.25) is 0 Å². The molecule has 0 aliphatic rings. The molecule has 0 atom stereocenters. The van der Waals surface area contributed by atoms with Gasteiger partial charge in [-0.25, -0.2) is 0 Å². The van der Waals surface area contributed by atoms with Gasteiger partial charge in [-0.15, -0.1) is 0 Å². The molecule has 88 valence electrons. The predicted octanol–water partition coefficient (Wildman–Crippen LogP) is 3.15. The van der Waals surface area contributed by atoms with Gasteiger partial charge in [0, 0.05) is 0 Å². The van der Waals surface area contributed by atoms with Crippen LogP contribution in [0.1, 0.15) is 26.7 Å². The van der Waals surface area contributed by atoms with E-state index in [1.165, 1.54) is 23.2 Å². The van der Waals surface area contributed by atoms with Gasteiger partial charge in [-0.2, -0.15) is 0 Å². The van der Waals surface area contributed by atoms with E-state index in [9.17, 15) is 0 Å². The van der Waals surface area contributed by atoms with Crippen molar-refractivity contribution in [3.8, 4) is 0 Å². The fraction of sp³-hybridized carbons (Fsp3) is 0.250. The van der Waals surface area contributed by atoms with E-state index in [1.54, 1.807) is 0 Å². The van der Waals surface area contributed by atoms with Crippen molar-refractivity contribution in [1.82, 2.24) is 0 Å². The van der Waals surface area contributed by atoms with E-state index in [1.807, 2.05) is 0 Å². The third-order valence-electron chi connectivity index (χ3n) is 2.34. The maximum absolute atomic E-state index is 2.18. The Labute approximate surface area is 108 Å². The molecule has 0 heterocycles. The number of benzene rings is 2. The van der Waals surface area contributed by atoms with Gasteiger partial charge in [0.15, 0.2) is 0 Å². The molecular weight excluding hydrogens is 220 g/mol. The first kappa shape index (κ1) is 13.7. The highest BCUT2D eigenvalue weighted by molar-refractivity contribution is 6.67. The maximum Gasteiger partial charge on any atom is 0.121 e. The lowest BCUT2D eigenvalue weighted by Gasteiger charge is -1.98. The molecule has 2 aromatic rings. The number of unbranched alkanes of at least 4 members (excludes halogenated alkanes) is 1. The minimum atomic E-state index is 0.777. The zero-order valence-electron chi connectivity index (χ0n) is 10.7. The molecule has 0 unspecified atom stereocenters. The van der Waals surface area contributed by atoms with Crippen molar-refractivity contribution in [2.75, 3.05) is 0 Å². The summed E-state index contributed by atoms with van der Waals surface area (Å²) in [6, 6.07) is 21.2. The quantitative estimate of drug-likeness (QED) is 0.723. The fourth-order valence-corrected chi connectivity index (χ4v) is 2.26. The Kier molecular flexibility index (Phi) is 7.08. The van der Waals surface area contributed by atoms with E-state index in [4.69, 9.17) is 0 Å². The number of rotatable bonds is 3. The lowest BCUT2D eigenvalue weighted by atomic mass is 10.4. The second-order valence-electron chi connectivity index (χ2n) is 3.86. The Hall–Kier alpha value is -1.34. The first-order valence-corrected chi connectivity index (χ1v) is 7.24. The van der Waals surface area contributed by atoms with E-state index in [0.29, 0.717) is 0 Å². The highest BCUT2D eigenvalue weighted by Crippen LogP contribution is 1.84. The highest BCUT2D eigenvalue weighted by atomic mass is 28.2. The second kappa shape index (κ2) is 8.77. The molecule has 2 rings (SSSR count). The lowest BCUT2D eigenvalue weighted by molar-refractivity contribution is 0.886. The molecule has 0 saturated heterocycles. The maximum atomic E-state index is 2.18. The van der Waals surface area contributed by atoms with Crippen LogP contribution in [0.25, 0.3) is 0 Å². The minimum Gasteiger partial charge on any atom is -0.0654 e. The van der Waals surface area contributed by atoms with Gasteiger partial charge < -0.3 is 0 Å². The van der Waals surface area contributed by atoms with E-state index >= 15 is 0 Å². The predicted molar refractivity (Wildman–Crippen MR) is 78.5 cm³/mol. The van der Waals surface area contributed by atoms with Crippen LogP contribution >= 0.6 is 0 Å². The highest BCUT2D eigenvalue weighted by Gasteiger charge is 1.94. The van der Waals surface area contributed by atoms with E-state index in [2.05, 4.69) is 74.5 Å². The van der Waals surface area contributed by atoms with Crippen molar-refractivity contribution < 1.29 is 0 Å². The summed E-state index contributed by atoms with van der Waals surface area (Å²) in [5.41, 5.74) is 0. The zero-order valence-corrected chi connectivity index (χ0v) is 11.7. The first-order chi connectivity index (χ1) is 8.36. The molecule has 0 amide bonds. The van der Waals surface area contributed by atoms with Crippen molar-refractivity contribution in [2.24, 2.45) is 0 Å². The summed E-state index contributed by atoms with van der Waals surface area (Å²) >= 11 is 0. The van der Waals surface area contributed by atoms with Gasteiger partial charge in [-0.1, -0.05) is 97.7 Å². The van der Waals surface area contributed by atoms with Gasteiger partial charge in [0.25, 0.3) is 0 Å². The summed E-state index contributed by atoms with van der Waals surface area (Å²) in [6.45, 7) is 4.36. The second-order valence-corrected chi connectivity index (χ2v) is 5.26. The topological polar surface area (TPSA) is 0 Å². The zero-order chi connectivity index (χ0) is 12.3. The molecule has 1 heteroatoms. The smallest absolute Gasteiger partial charge is 0.0654 e. The molecule has 0 saturated carbocycles. The van der Waals surface area contributed by atoms with E-state index in [-0.39, 0.29) is 0 Å². The third kappa shape index (κ3) is 6.08. The molecule has 0 aromatic heterocycles. The summed E-state index contributed by atoms with van der Waals surface area (Å²) in [4.78, 5) is 0. The SMILES string of the molecule is CCCC.c1ccc([Si]c2ccccc2)cc1. The fourth-order valence-electron chi connectivity index (χ4n) is 1.21. The van der Waals surface area contributed by atoms with Crippen LogP contribution in [0.2, 0.25) is 0 Å². The average Bonchev–Trinajstić information content (AvgIpc) is 2.41. The minimum absolute atomic E-state index is 0.777. The van der Waals surface area contributed by atoms with Gasteiger partial charge in [0.2, 0.25) is 0 Å². The Bertz CT molecular complexity index is 341. The standard InChI is InChI=1S/C12H10Si.C4H10/c1-3-7-11(8-4-1)13-12-9-5-2-6-10-12;1-3-4-2/h1-10H;3-4H2,1-2H3. The summed E-state index contributed by atoms with van der Waals surface area (Å²) in [6.07, 6.45) is 2.64. The Morgan fingerprint density at radius 1 is 0.647 bits per heavy atom.